The van der Waals surface area contributed by atoms with Crippen LogP contribution >= 0.6 is 0 Å². The van der Waals surface area contributed by atoms with Crippen LogP contribution in [0.3, 0.4) is 0 Å². The van der Waals surface area contributed by atoms with Crippen molar-refractivity contribution in [2.75, 3.05) is 12.8 Å². The smallest absolute Gasteiger partial charge is 0.425 e. The Balaban J connectivity index is 3.11. The van der Waals surface area contributed by atoms with Crippen LogP contribution < -0.4 is 10.5 Å². The number of hydrogen-bond acceptors (Lipinski definition) is 4. The van der Waals surface area contributed by atoms with Crippen LogP contribution in [0.15, 0.2) is 12.1 Å². The van der Waals surface area contributed by atoms with Gasteiger partial charge in [-0.2, -0.15) is 13.2 Å². The number of alkyl halides is 3. The van der Waals surface area contributed by atoms with Crippen molar-refractivity contribution in [3.63, 3.8) is 0 Å². The summed E-state index contributed by atoms with van der Waals surface area (Å²) >= 11 is 0. The van der Waals surface area contributed by atoms with E-state index in [0.29, 0.717) is 5.56 Å². The number of nitrogen functional groups attached to an aromatic ring is 1. The van der Waals surface area contributed by atoms with E-state index in [1.807, 2.05) is 0 Å². The van der Waals surface area contributed by atoms with Crippen LogP contribution in [0.2, 0.25) is 0 Å². The maximum absolute atomic E-state index is 12.4. The molecule has 7 heteroatoms. The molecule has 1 unspecified atom stereocenters. The Morgan fingerprint density at radius 1 is 1.37 bits per heavy atom. The molecule has 2 N–H and O–H groups in total. The first-order valence-electron chi connectivity index (χ1n) is 5.38. The van der Waals surface area contributed by atoms with Gasteiger partial charge < -0.3 is 15.2 Å². The number of anilines is 1. The second-order valence-electron chi connectivity index (χ2n) is 3.99. The van der Waals surface area contributed by atoms with E-state index in [1.165, 1.54) is 6.07 Å². The normalized spacial score (nSPS) is 12.9. The van der Waals surface area contributed by atoms with E-state index < -0.39 is 18.2 Å². The number of carbonyl (C=O) groups is 1. The van der Waals surface area contributed by atoms with Gasteiger partial charge in [0.15, 0.2) is 6.10 Å². The molecule has 0 aliphatic rings. The number of aryl methyl sites for hydroxylation is 1. The van der Waals surface area contributed by atoms with Crippen molar-refractivity contribution >= 4 is 11.7 Å². The molecule has 106 valence electrons. The second-order valence-corrected chi connectivity index (χ2v) is 3.99. The maximum atomic E-state index is 12.4. The van der Waals surface area contributed by atoms with Gasteiger partial charge in [-0.15, -0.1) is 0 Å². The van der Waals surface area contributed by atoms with E-state index in [4.69, 9.17) is 10.5 Å². The standard InChI is InChI=1S/C12H14F3NO3/c1-6-4-8(19-7(2)12(13,14)15)5-9(10(6)16)11(17)18-3/h4-5,7H,16H2,1-3H3. The van der Waals surface area contributed by atoms with E-state index in [1.54, 1.807) is 6.92 Å². The largest absolute Gasteiger partial charge is 0.481 e. The molecule has 0 heterocycles. The van der Waals surface area contributed by atoms with Crippen LogP contribution in [-0.2, 0) is 4.74 Å². The summed E-state index contributed by atoms with van der Waals surface area (Å²) in [5.41, 5.74) is 6.23. The topological polar surface area (TPSA) is 61.5 Å². The fourth-order valence-corrected chi connectivity index (χ4v) is 1.38. The minimum Gasteiger partial charge on any atom is -0.481 e. The summed E-state index contributed by atoms with van der Waals surface area (Å²) in [7, 11) is 1.16. The third-order valence-corrected chi connectivity index (χ3v) is 2.54. The van der Waals surface area contributed by atoms with Crippen LogP contribution in [0.4, 0.5) is 18.9 Å². The number of ether oxygens (including phenoxy) is 2. The van der Waals surface area contributed by atoms with Crippen molar-refractivity contribution in [2.45, 2.75) is 26.1 Å². The van der Waals surface area contributed by atoms with E-state index >= 15 is 0 Å². The van der Waals surface area contributed by atoms with Gasteiger partial charge in [0.2, 0.25) is 0 Å². The number of nitrogens with two attached hydrogens (primary N) is 1. The molecule has 1 atom stereocenters. The maximum Gasteiger partial charge on any atom is 0.425 e. The SMILES string of the molecule is COC(=O)c1cc(OC(C)C(F)(F)F)cc(C)c1N. The van der Waals surface area contributed by atoms with Crippen molar-refractivity contribution < 1.29 is 27.4 Å². The molecule has 19 heavy (non-hydrogen) atoms. The molecular weight excluding hydrogens is 263 g/mol. The number of halogens is 3. The zero-order chi connectivity index (χ0) is 14.8. The van der Waals surface area contributed by atoms with Crippen LogP contribution in [0.5, 0.6) is 5.75 Å². The Kier molecular flexibility index (Phi) is 4.28. The lowest BCUT2D eigenvalue weighted by Crippen LogP contribution is -2.31. The molecule has 0 amide bonds. The minimum atomic E-state index is -4.49. The molecule has 1 rings (SSSR count). The average Bonchev–Trinajstić information content (AvgIpc) is 2.31. The number of esters is 1. The van der Waals surface area contributed by atoms with Crippen molar-refractivity contribution in [2.24, 2.45) is 0 Å². The van der Waals surface area contributed by atoms with Gasteiger partial charge in [-0.25, -0.2) is 4.79 Å². The highest BCUT2D eigenvalue weighted by molar-refractivity contribution is 5.96. The average molecular weight is 277 g/mol. The van der Waals surface area contributed by atoms with E-state index in [-0.39, 0.29) is 17.0 Å². The quantitative estimate of drug-likeness (QED) is 0.681. The molecule has 0 saturated heterocycles. The van der Waals surface area contributed by atoms with Crippen molar-refractivity contribution in [3.8, 4) is 5.75 Å². The lowest BCUT2D eigenvalue weighted by atomic mass is 10.1. The highest BCUT2D eigenvalue weighted by Crippen LogP contribution is 2.29. The van der Waals surface area contributed by atoms with Gasteiger partial charge in [-0.05, 0) is 31.5 Å². The summed E-state index contributed by atoms with van der Waals surface area (Å²) in [4.78, 5) is 11.4. The molecule has 0 aliphatic carbocycles. The van der Waals surface area contributed by atoms with Crippen LogP contribution in [0, 0.1) is 6.92 Å². The van der Waals surface area contributed by atoms with Gasteiger partial charge in [-0.3, -0.25) is 0 Å². The third kappa shape index (κ3) is 3.52. The molecule has 4 nitrogen and oxygen atoms in total. The summed E-state index contributed by atoms with van der Waals surface area (Å²) < 4.78 is 46.5. The lowest BCUT2D eigenvalue weighted by molar-refractivity contribution is -0.189. The molecule has 0 fully saturated rings. The molecule has 0 spiro atoms. The number of methoxy groups -OCH3 is 1. The summed E-state index contributed by atoms with van der Waals surface area (Å²) in [5.74, 6) is -0.817. The van der Waals surface area contributed by atoms with Crippen molar-refractivity contribution in [1.82, 2.24) is 0 Å². The van der Waals surface area contributed by atoms with Crippen LogP contribution in [-0.4, -0.2) is 25.4 Å². The highest BCUT2D eigenvalue weighted by Gasteiger charge is 2.38. The molecule has 1 aromatic rings. The van der Waals surface area contributed by atoms with Gasteiger partial charge in [0, 0.05) is 5.69 Å². The summed E-state index contributed by atoms with van der Waals surface area (Å²) in [6.07, 6.45) is -6.47. The number of rotatable bonds is 3. The summed E-state index contributed by atoms with van der Waals surface area (Å²) in [6.45, 7) is 2.44. The predicted octanol–water partition coefficient (Wildman–Crippen LogP) is 2.69. The molecular formula is C12H14F3NO3. The monoisotopic (exact) mass is 277 g/mol. The first kappa shape index (κ1) is 15.1. The Labute approximate surface area is 108 Å². The van der Waals surface area contributed by atoms with Crippen molar-refractivity contribution in [1.29, 1.82) is 0 Å². The second kappa shape index (κ2) is 5.38. The molecule has 0 aliphatic heterocycles. The minimum absolute atomic E-state index is 0.0214. The van der Waals surface area contributed by atoms with E-state index in [0.717, 1.165) is 20.1 Å². The number of hydrogen-bond donors (Lipinski definition) is 1. The van der Waals surface area contributed by atoms with Crippen LogP contribution in [0.1, 0.15) is 22.8 Å². The number of carbonyl (C=O) groups excluding carboxylic acids is 1. The van der Waals surface area contributed by atoms with Gasteiger partial charge in [0.25, 0.3) is 0 Å². The zero-order valence-electron chi connectivity index (χ0n) is 10.7. The summed E-state index contributed by atoms with van der Waals surface area (Å²) in [6, 6.07) is 2.47. The lowest BCUT2D eigenvalue weighted by Gasteiger charge is -2.19. The Morgan fingerprint density at radius 2 is 1.95 bits per heavy atom. The third-order valence-electron chi connectivity index (χ3n) is 2.54. The van der Waals surface area contributed by atoms with E-state index in [9.17, 15) is 18.0 Å². The fourth-order valence-electron chi connectivity index (χ4n) is 1.38. The van der Waals surface area contributed by atoms with Crippen LogP contribution in [0.25, 0.3) is 0 Å². The first-order chi connectivity index (χ1) is 8.66. The predicted molar refractivity (Wildman–Crippen MR) is 63.1 cm³/mol. The van der Waals surface area contributed by atoms with E-state index in [2.05, 4.69) is 4.74 Å². The van der Waals surface area contributed by atoms with Gasteiger partial charge >= 0.3 is 12.1 Å². The molecule has 0 radical (unpaired) electrons. The summed E-state index contributed by atoms with van der Waals surface area (Å²) in [5, 5.41) is 0. The Hall–Kier alpha value is -1.92. The zero-order valence-corrected chi connectivity index (χ0v) is 10.7. The molecule has 1 aromatic carbocycles. The Morgan fingerprint density at radius 3 is 2.42 bits per heavy atom. The van der Waals surface area contributed by atoms with Gasteiger partial charge in [-0.1, -0.05) is 0 Å². The molecule has 0 bridgehead atoms. The first-order valence-corrected chi connectivity index (χ1v) is 5.38. The van der Waals surface area contributed by atoms with Crippen molar-refractivity contribution in [3.05, 3.63) is 23.3 Å². The molecule has 0 saturated carbocycles. The fraction of sp³-hybridized carbons (Fsp3) is 0.417. The van der Waals surface area contributed by atoms with Gasteiger partial charge in [0.05, 0.1) is 12.7 Å². The van der Waals surface area contributed by atoms with Gasteiger partial charge in [0.1, 0.15) is 5.75 Å². The Bertz CT molecular complexity index is 486. The molecule has 0 aromatic heterocycles. The number of benzene rings is 1. The highest BCUT2D eigenvalue weighted by atomic mass is 19.4.